The van der Waals surface area contributed by atoms with Gasteiger partial charge in [-0.2, -0.15) is 0 Å². The molecule has 1 aromatic rings. The number of carbonyl (C=O) groups is 2. The van der Waals surface area contributed by atoms with Gasteiger partial charge in [-0.1, -0.05) is 0 Å². The highest BCUT2D eigenvalue weighted by Gasteiger charge is 2.35. The van der Waals surface area contributed by atoms with Crippen LogP contribution in [0.2, 0.25) is 0 Å². The van der Waals surface area contributed by atoms with E-state index in [0.717, 1.165) is 19.4 Å². The second-order valence-electron chi connectivity index (χ2n) is 5.01. The maximum Gasteiger partial charge on any atom is 0.411 e. The Hall–Kier alpha value is -2.08. The molecule has 108 valence electrons. The highest BCUT2D eigenvalue weighted by Crippen LogP contribution is 2.21. The van der Waals surface area contributed by atoms with E-state index in [0.29, 0.717) is 11.4 Å². The number of methoxy groups -OCH3 is 1. The molecule has 3 N–H and O–H groups in total. The van der Waals surface area contributed by atoms with E-state index in [-0.39, 0.29) is 5.91 Å². The summed E-state index contributed by atoms with van der Waals surface area (Å²) in [6, 6.07) is 6.89. The average Bonchev–Trinajstić information content (AvgIpc) is 2.89. The molecule has 0 aliphatic carbocycles. The van der Waals surface area contributed by atoms with E-state index in [2.05, 4.69) is 20.7 Å². The first-order valence-corrected chi connectivity index (χ1v) is 6.55. The van der Waals surface area contributed by atoms with Crippen LogP contribution in [0, 0.1) is 0 Å². The predicted octanol–water partition coefficient (Wildman–Crippen LogP) is 1.95. The Morgan fingerprint density at radius 1 is 1.20 bits per heavy atom. The molecule has 6 heteroatoms. The van der Waals surface area contributed by atoms with E-state index in [4.69, 9.17) is 0 Å². The third-order valence-corrected chi connectivity index (χ3v) is 3.44. The fraction of sp³-hybridized carbons (Fsp3) is 0.429. The Balaban J connectivity index is 1.96. The lowest BCUT2D eigenvalue weighted by molar-refractivity contribution is -0.121. The van der Waals surface area contributed by atoms with Crippen molar-refractivity contribution in [1.82, 2.24) is 5.32 Å². The Morgan fingerprint density at radius 3 is 2.30 bits per heavy atom. The third kappa shape index (κ3) is 3.27. The molecule has 1 fully saturated rings. The molecule has 0 radical (unpaired) electrons. The molecular formula is C14H19N3O3. The summed E-state index contributed by atoms with van der Waals surface area (Å²) in [6.45, 7) is 2.77. The van der Waals surface area contributed by atoms with Crippen molar-refractivity contribution in [2.24, 2.45) is 0 Å². The first-order valence-electron chi connectivity index (χ1n) is 6.55. The van der Waals surface area contributed by atoms with Crippen LogP contribution in [-0.2, 0) is 9.53 Å². The van der Waals surface area contributed by atoms with Gasteiger partial charge in [0, 0.05) is 11.4 Å². The zero-order valence-corrected chi connectivity index (χ0v) is 11.7. The normalized spacial score (nSPS) is 21.3. The molecule has 1 aromatic carbocycles. The first kappa shape index (κ1) is 14.3. The second-order valence-corrected chi connectivity index (χ2v) is 5.01. The minimum absolute atomic E-state index is 0.0383. The number of hydrogen-bond acceptors (Lipinski definition) is 4. The van der Waals surface area contributed by atoms with Gasteiger partial charge in [0.2, 0.25) is 5.91 Å². The summed E-state index contributed by atoms with van der Waals surface area (Å²) in [5.74, 6) is -0.0383. The second kappa shape index (κ2) is 5.92. The zero-order valence-electron chi connectivity index (χ0n) is 11.7. The molecule has 2 rings (SSSR count). The van der Waals surface area contributed by atoms with Crippen LogP contribution in [0.3, 0.4) is 0 Å². The minimum atomic E-state index is -0.524. The van der Waals surface area contributed by atoms with Gasteiger partial charge in [0.25, 0.3) is 0 Å². The maximum atomic E-state index is 12.2. The van der Waals surface area contributed by atoms with Gasteiger partial charge in [-0.25, -0.2) is 4.79 Å². The van der Waals surface area contributed by atoms with Gasteiger partial charge in [0.05, 0.1) is 12.6 Å². The van der Waals surface area contributed by atoms with Crippen molar-refractivity contribution < 1.29 is 14.3 Å². The lowest BCUT2D eigenvalue weighted by atomic mass is 9.99. The Kier molecular flexibility index (Phi) is 4.24. The molecule has 0 spiro atoms. The molecule has 1 unspecified atom stereocenters. The van der Waals surface area contributed by atoms with Gasteiger partial charge in [-0.3, -0.25) is 10.1 Å². The van der Waals surface area contributed by atoms with Crippen LogP contribution in [0.1, 0.15) is 19.8 Å². The molecule has 1 atom stereocenters. The Bertz CT molecular complexity index is 493. The summed E-state index contributed by atoms with van der Waals surface area (Å²) >= 11 is 0. The number of anilines is 2. The summed E-state index contributed by atoms with van der Waals surface area (Å²) in [5, 5.41) is 8.63. The molecule has 0 aromatic heterocycles. The first-order chi connectivity index (χ1) is 9.53. The van der Waals surface area contributed by atoms with E-state index in [9.17, 15) is 9.59 Å². The smallest absolute Gasteiger partial charge is 0.411 e. The van der Waals surface area contributed by atoms with Crippen LogP contribution < -0.4 is 16.0 Å². The monoisotopic (exact) mass is 277 g/mol. The van der Waals surface area contributed by atoms with Crippen molar-refractivity contribution >= 4 is 23.4 Å². The summed E-state index contributed by atoms with van der Waals surface area (Å²) in [6.07, 6.45) is 1.32. The summed E-state index contributed by atoms with van der Waals surface area (Å²) in [4.78, 5) is 23.2. The van der Waals surface area contributed by atoms with Crippen molar-refractivity contribution in [2.45, 2.75) is 25.3 Å². The van der Waals surface area contributed by atoms with E-state index in [1.165, 1.54) is 7.11 Å². The SMILES string of the molecule is COC(=O)Nc1ccc(NC(=O)C2(C)CCCN2)cc1. The number of amides is 2. The number of benzene rings is 1. The lowest BCUT2D eigenvalue weighted by Gasteiger charge is -2.23. The third-order valence-electron chi connectivity index (χ3n) is 3.44. The molecule has 0 bridgehead atoms. The topological polar surface area (TPSA) is 79.5 Å². The van der Waals surface area contributed by atoms with Crippen LogP contribution in [-0.4, -0.2) is 31.2 Å². The highest BCUT2D eigenvalue weighted by molar-refractivity contribution is 5.98. The Labute approximate surface area is 117 Å². The molecule has 1 heterocycles. The summed E-state index contributed by atoms with van der Waals surface area (Å²) in [5.41, 5.74) is 0.809. The van der Waals surface area contributed by atoms with Crippen LogP contribution in [0.4, 0.5) is 16.2 Å². The van der Waals surface area contributed by atoms with Crippen molar-refractivity contribution in [3.63, 3.8) is 0 Å². The molecular weight excluding hydrogens is 258 g/mol. The summed E-state index contributed by atoms with van der Waals surface area (Å²) in [7, 11) is 1.30. The summed E-state index contributed by atoms with van der Waals surface area (Å²) < 4.78 is 4.50. The standard InChI is InChI=1S/C14H19N3O3/c1-14(8-3-9-15-14)12(18)16-10-4-6-11(7-5-10)17-13(19)20-2/h4-7,15H,3,8-9H2,1-2H3,(H,16,18)(H,17,19). The van der Waals surface area contributed by atoms with Gasteiger partial charge in [-0.15, -0.1) is 0 Å². The van der Waals surface area contributed by atoms with Crippen LogP contribution >= 0.6 is 0 Å². The largest absolute Gasteiger partial charge is 0.453 e. The van der Waals surface area contributed by atoms with Gasteiger partial charge in [-0.05, 0) is 50.6 Å². The van der Waals surface area contributed by atoms with Crippen molar-refractivity contribution in [2.75, 3.05) is 24.3 Å². The molecule has 6 nitrogen and oxygen atoms in total. The van der Waals surface area contributed by atoms with Crippen molar-refractivity contribution in [3.8, 4) is 0 Å². The zero-order chi connectivity index (χ0) is 14.6. The van der Waals surface area contributed by atoms with Crippen LogP contribution in [0.5, 0.6) is 0 Å². The number of carbonyl (C=O) groups excluding carboxylic acids is 2. The quantitative estimate of drug-likeness (QED) is 0.789. The maximum absolute atomic E-state index is 12.2. The van der Waals surface area contributed by atoms with E-state index in [1.54, 1.807) is 24.3 Å². The Morgan fingerprint density at radius 2 is 1.80 bits per heavy atom. The van der Waals surface area contributed by atoms with Crippen LogP contribution in [0.15, 0.2) is 24.3 Å². The van der Waals surface area contributed by atoms with Gasteiger partial charge >= 0.3 is 6.09 Å². The molecule has 20 heavy (non-hydrogen) atoms. The van der Waals surface area contributed by atoms with Gasteiger partial charge in [0.15, 0.2) is 0 Å². The average molecular weight is 277 g/mol. The van der Waals surface area contributed by atoms with Gasteiger partial charge in [0.1, 0.15) is 0 Å². The van der Waals surface area contributed by atoms with E-state index < -0.39 is 11.6 Å². The number of rotatable bonds is 3. The fourth-order valence-corrected chi connectivity index (χ4v) is 2.16. The highest BCUT2D eigenvalue weighted by atomic mass is 16.5. The number of nitrogens with one attached hydrogen (secondary N) is 3. The number of ether oxygens (including phenoxy) is 1. The fourth-order valence-electron chi connectivity index (χ4n) is 2.16. The van der Waals surface area contributed by atoms with Crippen LogP contribution in [0.25, 0.3) is 0 Å². The minimum Gasteiger partial charge on any atom is -0.453 e. The molecule has 1 saturated heterocycles. The van der Waals surface area contributed by atoms with Crippen molar-refractivity contribution in [1.29, 1.82) is 0 Å². The van der Waals surface area contributed by atoms with Crippen molar-refractivity contribution in [3.05, 3.63) is 24.3 Å². The van der Waals surface area contributed by atoms with E-state index >= 15 is 0 Å². The number of hydrogen-bond donors (Lipinski definition) is 3. The molecule has 1 aliphatic rings. The van der Waals surface area contributed by atoms with Gasteiger partial charge < -0.3 is 15.4 Å². The molecule has 1 aliphatic heterocycles. The van der Waals surface area contributed by atoms with E-state index in [1.807, 2.05) is 6.92 Å². The lowest BCUT2D eigenvalue weighted by Crippen LogP contribution is -2.47. The predicted molar refractivity (Wildman–Crippen MR) is 76.7 cm³/mol. The molecule has 0 saturated carbocycles. The molecule has 2 amide bonds.